The number of oxime groups is 1. The third kappa shape index (κ3) is 4.35. The van der Waals surface area contributed by atoms with Gasteiger partial charge in [-0.15, -0.1) is 0 Å². The number of alkyl halides is 5. The van der Waals surface area contributed by atoms with Crippen LogP contribution in [0.15, 0.2) is 41.6 Å². The van der Waals surface area contributed by atoms with E-state index in [9.17, 15) is 26.7 Å². The second kappa shape index (κ2) is 8.30. The number of hydrogen-bond donors (Lipinski definition) is 0. The van der Waals surface area contributed by atoms with Crippen molar-refractivity contribution >= 4 is 34.8 Å². The van der Waals surface area contributed by atoms with E-state index >= 15 is 4.39 Å². The van der Waals surface area contributed by atoms with Gasteiger partial charge < -0.3 is 9.74 Å². The number of likely N-dealkylation sites (tertiary alicyclic amines) is 1. The average molecular weight is 539 g/mol. The lowest BCUT2D eigenvalue weighted by Gasteiger charge is -2.46. The molecule has 1 atom stereocenters. The van der Waals surface area contributed by atoms with Crippen molar-refractivity contribution in [3.63, 3.8) is 0 Å². The molecule has 2 aliphatic heterocycles. The summed E-state index contributed by atoms with van der Waals surface area (Å²) < 4.78 is 85.1. The summed E-state index contributed by atoms with van der Waals surface area (Å²) in [6.07, 6.45) is -5.72. The van der Waals surface area contributed by atoms with Crippen LogP contribution < -0.4 is 0 Å². The van der Waals surface area contributed by atoms with Crippen molar-refractivity contribution in [1.82, 2.24) is 4.90 Å². The molecule has 1 amide bonds. The molecule has 0 saturated carbocycles. The lowest BCUT2D eigenvalue weighted by atomic mass is 9.84. The summed E-state index contributed by atoms with van der Waals surface area (Å²) in [5, 5.41) is 2.40. The van der Waals surface area contributed by atoms with Gasteiger partial charge in [0, 0.05) is 12.0 Å². The van der Waals surface area contributed by atoms with E-state index in [1.54, 1.807) is 0 Å². The lowest BCUT2D eigenvalue weighted by Crippen LogP contribution is -2.62. The molecular formula is C23H18Cl2F6N2O2. The zero-order chi connectivity index (χ0) is 26.0. The third-order valence-corrected chi connectivity index (χ3v) is 6.60. The van der Waals surface area contributed by atoms with Crippen molar-refractivity contribution in [3.8, 4) is 0 Å². The van der Waals surface area contributed by atoms with Gasteiger partial charge in [-0.3, -0.25) is 4.79 Å². The molecule has 4 nitrogen and oxygen atoms in total. The van der Waals surface area contributed by atoms with Crippen molar-refractivity contribution in [1.29, 1.82) is 0 Å². The molecule has 12 heteroatoms. The van der Waals surface area contributed by atoms with E-state index in [4.69, 9.17) is 28.0 Å². The van der Waals surface area contributed by atoms with Gasteiger partial charge in [0.15, 0.2) is 17.2 Å². The number of hydrogen-bond acceptors (Lipinski definition) is 3. The summed E-state index contributed by atoms with van der Waals surface area (Å²) >= 11 is 11.4. The van der Waals surface area contributed by atoms with Crippen LogP contribution in [0.25, 0.3) is 0 Å². The van der Waals surface area contributed by atoms with Crippen LogP contribution in [0.4, 0.5) is 26.3 Å². The molecule has 2 aromatic carbocycles. The van der Waals surface area contributed by atoms with E-state index in [1.165, 1.54) is 24.3 Å². The molecule has 0 radical (unpaired) electrons. The van der Waals surface area contributed by atoms with Crippen molar-refractivity contribution in [3.05, 3.63) is 69.0 Å². The van der Waals surface area contributed by atoms with E-state index in [-0.39, 0.29) is 29.9 Å². The fraction of sp³-hybridized carbons (Fsp3) is 0.391. The van der Waals surface area contributed by atoms with Gasteiger partial charge in [0.2, 0.25) is 0 Å². The van der Waals surface area contributed by atoms with Crippen LogP contribution in [-0.4, -0.2) is 41.5 Å². The van der Waals surface area contributed by atoms with Crippen LogP contribution in [0, 0.1) is 5.82 Å². The second-order valence-corrected chi connectivity index (χ2v) is 9.88. The van der Waals surface area contributed by atoms with Gasteiger partial charge >= 0.3 is 6.18 Å². The van der Waals surface area contributed by atoms with Crippen LogP contribution >= 0.6 is 23.2 Å². The molecule has 0 aromatic heterocycles. The molecule has 2 heterocycles. The van der Waals surface area contributed by atoms with Gasteiger partial charge in [-0.25, -0.2) is 13.2 Å². The summed E-state index contributed by atoms with van der Waals surface area (Å²) in [4.78, 5) is 17.9. The van der Waals surface area contributed by atoms with Crippen LogP contribution in [0.3, 0.4) is 0 Å². The number of nitrogens with zero attached hydrogens (tertiary/aromatic N) is 2. The summed E-state index contributed by atoms with van der Waals surface area (Å²) in [5.74, 6) is -1.89. The highest BCUT2D eigenvalue weighted by molar-refractivity contribution is 6.35. The number of benzene rings is 2. The van der Waals surface area contributed by atoms with Crippen LogP contribution in [0.2, 0.25) is 10.0 Å². The Morgan fingerprint density at radius 3 is 2.06 bits per heavy atom. The first-order valence-corrected chi connectivity index (χ1v) is 11.1. The molecule has 2 aliphatic rings. The molecule has 4 rings (SSSR count). The molecule has 188 valence electrons. The molecule has 35 heavy (non-hydrogen) atoms. The molecule has 1 saturated heterocycles. The Kier molecular flexibility index (Phi) is 6.08. The zero-order valence-electron chi connectivity index (χ0n) is 18.3. The minimum absolute atomic E-state index is 0.0806. The topological polar surface area (TPSA) is 41.9 Å². The van der Waals surface area contributed by atoms with Crippen molar-refractivity contribution in [2.75, 3.05) is 13.1 Å². The van der Waals surface area contributed by atoms with Gasteiger partial charge in [-0.1, -0.05) is 52.6 Å². The van der Waals surface area contributed by atoms with Crippen molar-refractivity contribution in [2.45, 2.75) is 43.4 Å². The summed E-state index contributed by atoms with van der Waals surface area (Å²) in [6.45, 7) is 1.49. The maximum Gasteiger partial charge on any atom is 0.435 e. The molecular weight excluding hydrogens is 521 g/mol. The Bertz CT molecular complexity index is 1180. The quantitative estimate of drug-likeness (QED) is 0.330. The predicted octanol–water partition coefficient (Wildman–Crippen LogP) is 6.47. The average Bonchev–Trinajstić information content (AvgIpc) is 3.21. The highest BCUT2D eigenvalue weighted by atomic mass is 35.5. The molecule has 0 aliphatic carbocycles. The number of halogens is 8. The monoisotopic (exact) mass is 538 g/mol. The Morgan fingerprint density at radius 2 is 1.57 bits per heavy atom. The predicted molar refractivity (Wildman–Crippen MR) is 117 cm³/mol. The largest absolute Gasteiger partial charge is 0.435 e. The molecule has 1 fully saturated rings. The molecule has 1 unspecified atom stereocenters. The Balaban J connectivity index is 1.55. The fourth-order valence-electron chi connectivity index (χ4n) is 4.07. The van der Waals surface area contributed by atoms with Crippen LogP contribution in [0.5, 0.6) is 0 Å². The van der Waals surface area contributed by atoms with E-state index in [0.29, 0.717) is 0 Å². The highest BCUT2D eigenvalue weighted by Crippen LogP contribution is 2.50. The van der Waals surface area contributed by atoms with Crippen molar-refractivity contribution in [2.24, 2.45) is 5.16 Å². The maximum absolute atomic E-state index is 15.2. The molecule has 0 bridgehead atoms. The normalized spacial score (nSPS) is 21.9. The van der Waals surface area contributed by atoms with E-state index in [1.807, 2.05) is 0 Å². The van der Waals surface area contributed by atoms with Gasteiger partial charge in [0.1, 0.15) is 0 Å². The minimum atomic E-state index is -4.96. The van der Waals surface area contributed by atoms with Gasteiger partial charge in [-0.05, 0) is 37.1 Å². The van der Waals surface area contributed by atoms with Crippen LogP contribution in [0.1, 0.15) is 37.0 Å². The third-order valence-electron chi connectivity index (χ3n) is 6.05. The molecule has 2 aromatic rings. The van der Waals surface area contributed by atoms with Gasteiger partial charge in [0.25, 0.3) is 11.5 Å². The Morgan fingerprint density at radius 1 is 1.03 bits per heavy atom. The zero-order valence-corrected chi connectivity index (χ0v) is 19.8. The summed E-state index contributed by atoms with van der Waals surface area (Å²) in [6, 6.07) is 7.04. The first-order chi connectivity index (χ1) is 16.1. The SMILES string of the molecule is CC(C)(F)C(=O)N1CC(F)(c2ccc(C3=NOC(c4cc(Cl)c(F)c(Cl)c4)(C(F)(F)F)C3)cc2)C1. The first kappa shape index (κ1) is 25.6. The minimum Gasteiger partial charge on any atom is -0.374 e. The van der Waals surface area contributed by atoms with Gasteiger partial charge in [-0.2, -0.15) is 13.2 Å². The summed E-state index contributed by atoms with van der Waals surface area (Å²) in [7, 11) is 0. The van der Waals surface area contributed by atoms with E-state index in [2.05, 4.69) is 5.16 Å². The van der Waals surface area contributed by atoms with E-state index in [0.717, 1.165) is 30.9 Å². The van der Waals surface area contributed by atoms with Crippen LogP contribution in [-0.2, 0) is 20.9 Å². The van der Waals surface area contributed by atoms with Gasteiger partial charge in [0.05, 0.1) is 28.8 Å². The fourth-order valence-corrected chi connectivity index (χ4v) is 4.56. The second-order valence-electron chi connectivity index (χ2n) is 9.06. The number of rotatable bonds is 4. The number of carbonyl (C=O) groups excluding carboxylic acids is 1. The molecule has 0 spiro atoms. The first-order valence-electron chi connectivity index (χ1n) is 10.3. The molecule has 0 N–H and O–H groups in total. The summed E-state index contributed by atoms with van der Waals surface area (Å²) in [5.41, 5.74) is -7.17. The maximum atomic E-state index is 15.2. The Hall–Kier alpha value is -2.46. The Labute approximate surface area is 206 Å². The number of carbonyl (C=O) groups is 1. The lowest BCUT2D eigenvalue weighted by molar-refractivity contribution is -0.275. The highest BCUT2D eigenvalue weighted by Gasteiger charge is 2.62. The van der Waals surface area contributed by atoms with Crippen molar-refractivity contribution < 1.29 is 36.0 Å². The number of amides is 1. The smallest absolute Gasteiger partial charge is 0.374 e. The standard InChI is InChI=1S/C23H18Cl2F6N2O2/c1-20(2,27)19(34)33-10-21(28,11-33)13-5-3-12(4-6-13)17-9-22(35-32-17,23(29,30)31)14-7-15(24)18(26)16(25)8-14/h3-8H,9-11H2,1-2H3. The van der Waals surface area contributed by atoms with E-state index < -0.39 is 56.9 Å².